The van der Waals surface area contributed by atoms with E-state index in [1.807, 2.05) is 0 Å². The van der Waals surface area contributed by atoms with E-state index in [-0.39, 0.29) is 12.2 Å². The van der Waals surface area contributed by atoms with Gasteiger partial charge in [0.25, 0.3) is 0 Å². The third-order valence-electron chi connectivity index (χ3n) is 1.67. The smallest absolute Gasteiger partial charge is 0.307 e. The lowest BCUT2D eigenvalue weighted by Crippen LogP contribution is -2.18. The van der Waals surface area contributed by atoms with Gasteiger partial charge < -0.3 is 4.74 Å². The van der Waals surface area contributed by atoms with Crippen molar-refractivity contribution in [3.05, 3.63) is 20.8 Å². The number of carbonyl (C=O) groups excluding carboxylic acids is 2. The van der Waals surface area contributed by atoms with Gasteiger partial charge in [-0.25, -0.2) is 0 Å². The highest BCUT2D eigenvalue weighted by Crippen LogP contribution is 2.24. The summed E-state index contributed by atoms with van der Waals surface area (Å²) in [7, 11) is 1.26. The lowest BCUT2D eigenvalue weighted by atomic mass is 10.2. The average molecular weight is 312 g/mol. The number of Topliss-reactive ketones (excluding diaryl/α,β-unsaturated/α-hetero) is 1. The van der Waals surface area contributed by atoms with Crippen molar-refractivity contribution in [1.29, 1.82) is 0 Å². The molecule has 0 amide bonds. The number of ketones is 1. The summed E-state index contributed by atoms with van der Waals surface area (Å²) in [4.78, 5) is 23.1. The fraction of sp³-hybridized carbons (Fsp3) is 0.333. The Morgan fingerprint density at radius 3 is 2.73 bits per heavy atom. The topological polar surface area (TPSA) is 43.4 Å². The molecule has 0 radical (unpaired) electrons. The first kappa shape index (κ1) is 12.7. The molecule has 0 aliphatic heterocycles. The molecule has 0 saturated heterocycles. The molecule has 0 bridgehead atoms. The number of carbonyl (C=O) groups is 2. The van der Waals surface area contributed by atoms with Crippen molar-refractivity contribution >= 4 is 50.6 Å². The molecule has 1 atom stereocenters. The summed E-state index contributed by atoms with van der Waals surface area (Å²) in [5, 5.41) is -0.858. The van der Waals surface area contributed by atoms with Crippen molar-refractivity contribution in [3.63, 3.8) is 0 Å². The molecule has 0 aromatic carbocycles. The van der Waals surface area contributed by atoms with Crippen molar-refractivity contribution in [2.45, 2.75) is 11.8 Å². The Morgan fingerprint density at radius 1 is 1.60 bits per heavy atom. The summed E-state index contributed by atoms with van der Waals surface area (Å²) in [6.07, 6.45) is -0.105. The van der Waals surface area contributed by atoms with Crippen molar-refractivity contribution in [3.8, 4) is 0 Å². The summed E-state index contributed by atoms with van der Waals surface area (Å²) < 4.78 is 5.29. The molecule has 1 aromatic heterocycles. The van der Waals surface area contributed by atoms with Crippen LogP contribution in [0.3, 0.4) is 0 Å². The Bertz CT molecular complexity index is 377. The van der Waals surface area contributed by atoms with Gasteiger partial charge in [0.2, 0.25) is 0 Å². The second-order valence-electron chi connectivity index (χ2n) is 2.72. The maximum absolute atomic E-state index is 11.7. The zero-order chi connectivity index (χ0) is 11.4. The van der Waals surface area contributed by atoms with E-state index >= 15 is 0 Å². The molecule has 0 aliphatic rings. The first-order chi connectivity index (χ1) is 7.04. The van der Waals surface area contributed by atoms with Gasteiger partial charge in [0.1, 0.15) is 5.38 Å². The van der Waals surface area contributed by atoms with Gasteiger partial charge in [0, 0.05) is 0 Å². The Kier molecular flexibility index (Phi) is 4.76. The first-order valence-electron chi connectivity index (χ1n) is 4.05. The molecule has 0 N–H and O–H groups in total. The van der Waals surface area contributed by atoms with Crippen LogP contribution in [0.4, 0.5) is 0 Å². The van der Waals surface area contributed by atoms with Crippen molar-refractivity contribution in [2.75, 3.05) is 7.11 Å². The van der Waals surface area contributed by atoms with Crippen LogP contribution in [0.15, 0.2) is 15.9 Å². The minimum Gasteiger partial charge on any atom is -0.469 e. The largest absolute Gasteiger partial charge is 0.469 e. The van der Waals surface area contributed by atoms with Crippen molar-refractivity contribution in [2.24, 2.45) is 0 Å². The van der Waals surface area contributed by atoms with E-state index in [1.165, 1.54) is 18.4 Å². The van der Waals surface area contributed by atoms with Crippen molar-refractivity contribution < 1.29 is 14.3 Å². The van der Waals surface area contributed by atoms with Gasteiger partial charge in [0.05, 0.1) is 22.2 Å². The van der Waals surface area contributed by atoms with Gasteiger partial charge in [0.15, 0.2) is 5.78 Å². The molecule has 15 heavy (non-hydrogen) atoms. The number of esters is 1. The van der Waals surface area contributed by atoms with E-state index < -0.39 is 11.3 Å². The fourth-order valence-electron chi connectivity index (χ4n) is 0.923. The van der Waals surface area contributed by atoms with Crippen LogP contribution in [0, 0.1) is 0 Å². The maximum Gasteiger partial charge on any atom is 0.307 e. The Labute approximate surface area is 105 Å². The van der Waals surface area contributed by atoms with E-state index in [0.717, 1.165) is 3.79 Å². The molecule has 0 spiro atoms. The van der Waals surface area contributed by atoms with Gasteiger partial charge in [-0.1, -0.05) is 0 Å². The van der Waals surface area contributed by atoms with Crippen LogP contribution in [0.25, 0.3) is 0 Å². The molecule has 1 rings (SSSR count). The van der Waals surface area contributed by atoms with Gasteiger partial charge in [-0.05, 0) is 28.1 Å². The summed E-state index contributed by atoms with van der Waals surface area (Å²) in [5.41, 5.74) is 0. The number of methoxy groups -OCH3 is 1. The van der Waals surface area contributed by atoms with E-state index in [2.05, 4.69) is 20.7 Å². The predicted molar refractivity (Wildman–Crippen MR) is 62.6 cm³/mol. The standard InChI is InChI=1S/C9H8BrClO3S/c1-14-8(12)4-5(11)9(13)6-2-3-7(10)15-6/h2-3,5H,4H2,1H3. The van der Waals surface area contributed by atoms with Gasteiger partial charge in [-0.15, -0.1) is 22.9 Å². The summed E-state index contributed by atoms with van der Waals surface area (Å²) in [6, 6.07) is 3.43. The molecular formula is C9H8BrClO3S. The third kappa shape index (κ3) is 3.59. The molecule has 6 heteroatoms. The van der Waals surface area contributed by atoms with Crippen LogP contribution < -0.4 is 0 Å². The second kappa shape index (κ2) is 5.63. The number of hydrogen-bond acceptors (Lipinski definition) is 4. The highest BCUT2D eigenvalue weighted by molar-refractivity contribution is 9.11. The van der Waals surface area contributed by atoms with Gasteiger partial charge in [-0.3, -0.25) is 9.59 Å². The predicted octanol–water partition coefficient (Wildman–Crippen LogP) is 2.86. The Balaban J connectivity index is 2.64. The van der Waals surface area contributed by atoms with Gasteiger partial charge in [-0.2, -0.15) is 0 Å². The SMILES string of the molecule is COC(=O)CC(Cl)C(=O)c1ccc(Br)s1. The Morgan fingerprint density at radius 2 is 2.27 bits per heavy atom. The molecular weight excluding hydrogens is 304 g/mol. The van der Waals surface area contributed by atoms with E-state index in [1.54, 1.807) is 12.1 Å². The number of rotatable bonds is 4. The number of halogens is 2. The number of ether oxygens (including phenoxy) is 1. The molecule has 1 aromatic rings. The molecule has 3 nitrogen and oxygen atoms in total. The highest BCUT2D eigenvalue weighted by Gasteiger charge is 2.22. The lowest BCUT2D eigenvalue weighted by molar-refractivity contribution is -0.140. The first-order valence-corrected chi connectivity index (χ1v) is 6.09. The quantitative estimate of drug-likeness (QED) is 0.488. The average Bonchev–Trinajstić information content (AvgIpc) is 2.63. The molecule has 1 heterocycles. The van der Waals surface area contributed by atoms with Crippen LogP contribution in [-0.4, -0.2) is 24.2 Å². The number of alkyl halides is 1. The molecule has 1 unspecified atom stereocenters. The van der Waals surface area contributed by atoms with E-state index in [4.69, 9.17) is 11.6 Å². The monoisotopic (exact) mass is 310 g/mol. The van der Waals surface area contributed by atoms with Crippen LogP contribution in [0.2, 0.25) is 0 Å². The normalized spacial score (nSPS) is 12.2. The highest BCUT2D eigenvalue weighted by atomic mass is 79.9. The van der Waals surface area contributed by atoms with Crippen molar-refractivity contribution in [1.82, 2.24) is 0 Å². The zero-order valence-corrected chi connectivity index (χ0v) is 11.0. The minimum absolute atomic E-state index is 0.105. The molecule has 0 fully saturated rings. The van der Waals surface area contributed by atoms with Crippen LogP contribution in [-0.2, 0) is 9.53 Å². The lowest BCUT2D eigenvalue weighted by Gasteiger charge is -2.04. The molecule has 0 aliphatic carbocycles. The fourth-order valence-corrected chi connectivity index (χ4v) is 2.61. The second-order valence-corrected chi connectivity index (χ2v) is 5.71. The van der Waals surface area contributed by atoms with Gasteiger partial charge >= 0.3 is 5.97 Å². The van der Waals surface area contributed by atoms with E-state index in [9.17, 15) is 9.59 Å². The minimum atomic E-state index is -0.858. The zero-order valence-electron chi connectivity index (χ0n) is 7.83. The number of hydrogen-bond donors (Lipinski definition) is 0. The summed E-state index contributed by atoms with van der Waals surface area (Å²) in [5.74, 6) is -0.739. The number of thiophene rings is 1. The van der Waals surface area contributed by atoms with Crippen LogP contribution in [0.5, 0.6) is 0 Å². The summed E-state index contributed by atoms with van der Waals surface area (Å²) >= 11 is 10.3. The summed E-state index contributed by atoms with van der Waals surface area (Å²) in [6.45, 7) is 0. The van der Waals surface area contributed by atoms with Crippen LogP contribution in [0.1, 0.15) is 16.1 Å². The van der Waals surface area contributed by atoms with E-state index in [0.29, 0.717) is 4.88 Å². The Hall–Kier alpha value is -0.390. The van der Waals surface area contributed by atoms with Crippen LogP contribution >= 0.6 is 38.9 Å². The third-order valence-corrected chi connectivity index (χ3v) is 3.66. The molecule has 0 saturated carbocycles. The maximum atomic E-state index is 11.7. The molecule has 82 valence electrons.